The van der Waals surface area contributed by atoms with Gasteiger partial charge in [-0.2, -0.15) is 0 Å². The third-order valence-corrected chi connectivity index (χ3v) is 2.53. The molecule has 0 saturated carbocycles. The standard InChI is InChI=1S/C9H21N3O3S/c1-3-4-5-11-9(13)8-10-6-7-12-16(2,14)15/h10,12H,3-8H2,1-2H3,(H,11,13). The van der Waals surface area contributed by atoms with Gasteiger partial charge in [0.1, 0.15) is 0 Å². The van der Waals surface area contributed by atoms with Crippen molar-refractivity contribution in [2.24, 2.45) is 0 Å². The van der Waals surface area contributed by atoms with Gasteiger partial charge in [0.05, 0.1) is 12.8 Å². The zero-order chi connectivity index (χ0) is 12.4. The number of hydrogen-bond donors (Lipinski definition) is 3. The average Bonchev–Trinajstić information content (AvgIpc) is 2.16. The van der Waals surface area contributed by atoms with E-state index >= 15 is 0 Å². The first-order chi connectivity index (χ1) is 7.45. The number of sulfonamides is 1. The molecular formula is C9H21N3O3S. The van der Waals surface area contributed by atoms with Crippen molar-refractivity contribution < 1.29 is 13.2 Å². The van der Waals surface area contributed by atoms with E-state index in [1.807, 2.05) is 0 Å². The molecule has 0 saturated heterocycles. The van der Waals surface area contributed by atoms with Crippen molar-refractivity contribution in [3.63, 3.8) is 0 Å². The first kappa shape index (κ1) is 15.3. The van der Waals surface area contributed by atoms with Crippen LogP contribution in [-0.4, -0.2) is 46.8 Å². The van der Waals surface area contributed by atoms with E-state index in [9.17, 15) is 13.2 Å². The Hall–Kier alpha value is -0.660. The van der Waals surface area contributed by atoms with E-state index in [4.69, 9.17) is 0 Å². The van der Waals surface area contributed by atoms with Crippen molar-refractivity contribution in [2.45, 2.75) is 19.8 Å². The highest BCUT2D eigenvalue weighted by Gasteiger charge is 2.00. The lowest BCUT2D eigenvalue weighted by atomic mass is 10.3. The minimum atomic E-state index is -3.13. The molecular weight excluding hydrogens is 230 g/mol. The number of nitrogens with one attached hydrogen (secondary N) is 3. The lowest BCUT2D eigenvalue weighted by Gasteiger charge is -2.06. The molecule has 0 unspecified atom stereocenters. The summed E-state index contributed by atoms with van der Waals surface area (Å²) in [6.07, 6.45) is 3.12. The van der Waals surface area contributed by atoms with Gasteiger partial charge in [0.2, 0.25) is 15.9 Å². The minimum Gasteiger partial charge on any atom is -0.355 e. The SMILES string of the molecule is CCCCNC(=O)CNCCNS(C)(=O)=O. The summed E-state index contributed by atoms with van der Waals surface area (Å²) in [6.45, 7) is 3.70. The maximum absolute atomic E-state index is 11.2. The van der Waals surface area contributed by atoms with Crippen molar-refractivity contribution >= 4 is 15.9 Å². The molecule has 0 radical (unpaired) electrons. The molecule has 0 atom stereocenters. The second kappa shape index (κ2) is 8.49. The summed E-state index contributed by atoms with van der Waals surface area (Å²) >= 11 is 0. The third-order valence-electron chi connectivity index (χ3n) is 1.80. The first-order valence-corrected chi connectivity index (χ1v) is 7.27. The highest BCUT2D eigenvalue weighted by atomic mass is 32.2. The number of carbonyl (C=O) groups excluding carboxylic acids is 1. The van der Waals surface area contributed by atoms with Gasteiger partial charge in [-0.15, -0.1) is 0 Å². The van der Waals surface area contributed by atoms with Crippen LogP contribution < -0.4 is 15.4 Å². The molecule has 1 amide bonds. The number of unbranched alkanes of at least 4 members (excludes halogenated alkanes) is 1. The van der Waals surface area contributed by atoms with Crippen LogP contribution in [0.25, 0.3) is 0 Å². The molecule has 7 heteroatoms. The first-order valence-electron chi connectivity index (χ1n) is 5.37. The van der Waals surface area contributed by atoms with Crippen LogP contribution >= 0.6 is 0 Å². The Kier molecular flexibility index (Phi) is 8.14. The fraction of sp³-hybridized carbons (Fsp3) is 0.889. The van der Waals surface area contributed by atoms with Crippen LogP contribution in [0.1, 0.15) is 19.8 Å². The zero-order valence-electron chi connectivity index (χ0n) is 9.88. The number of carbonyl (C=O) groups is 1. The van der Waals surface area contributed by atoms with Crippen LogP contribution in [0.15, 0.2) is 0 Å². The number of hydrogen-bond acceptors (Lipinski definition) is 4. The van der Waals surface area contributed by atoms with E-state index < -0.39 is 10.0 Å². The van der Waals surface area contributed by atoms with Crippen molar-refractivity contribution in [3.05, 3.63) is 0 Å². The highest BCUT2D eigenvalue weighted by Crippen LogP contribution is 1.81. The van der Waals surface area contributed by atoms with Gasteiger partial charge < -0.3 is 10.6 Å². The van der Waals surface area contributed by atoms with Crippen molar-refractivity contribution in [1.29, 1.82) is 0 Å². The molecule has 0 fully saturated rings. The Labute approximate surface area is 97.2 Å². The molecule has 0 aliphatic rings. The van der Waals surface area contributed by atoms with E-state index in [0.29, 0.717) is 19.6 Å². The lowest BCUT2D eigenvalue weighted by molar-refractivity contribution is -0.120. The molecule has 0 heterocycles. The second-order valence-electron chi connectivity index (χ2n) is 3.55. The summed E-state index contributed by atoms with van der Waals surface area (Å²) in [7, 11) is -3.13. The summed E-state index contributed by atoms with van der Waals surface area (Å²) < 4.78 is 23.7. The molecule has 0 bridgehead atoms. The smallest absolute Gasteiger partial charge is 0.233 e. The van der Waals surface area contributed by atoms with E-state index in [1.54, 1.807) is 0 Å². The molecule has 3 N–H and O–H groups in total. The Balaban J connectivity index is 3.34. The largest absolute Gasteiger partial charge is 0.355 e. The van der Waals surface area contributed by atoms with Gasteiger partial charge in [-0.05, 0) is 6.42 Å². The topological polar surface area (TPSA) is 87.3 Å². The summed E-state index contributed by atoms with van der Waals surface area (Å²) in [5.41, 5.74) is 0. The van der Waals surface area contributed by atoms with Gasteiger partial charge in [0, 0.05) is 19.6 Å². The zero-order valence-corrected chi connectivity index (χ0v) is 10.7. The maximum atomic E-state index is 11.2. The van der Waals surface area contributed by atoms with Gasteiger partial charge in [-0.1, -0.05) is 13.3 Å². The maximum Gasteiger partial charge on any atom is 0.233 e. The molecule has 0 aromatic rings. The molecule has 96 valence electrons. The normalized spacial score (nSPS) is 11.4. The van der Waals surface area contributed by atoms with Crippen LogP contribution in [-0.2, 0) is 14.8 Å². The van der Waals surface area contributed by atoms with Gasteiger partial charge in [-0.3, -0.25) is 4.79 Å². The predicted molar refractivity (Wildman–Crippen MR) is 63.6 cm³/mol. The van der Waals surface area contributed by atoms with Crippen LogP contribution in [0.4, 0.5) is 0 Å². The Morgan fingerprint density at radius 1 is 1.19 bits per heavy atom. The average molecular weight is 251 g/mol. The predicted octanol–water partition coefficient (Wildman–Crippen LogP) is -0.958. The van der Waals surface area contributed by atoms with Crippen LogP contribution in [0.2, 0.25) is 0 Å². The molecule has 0 aromatic carbocycles. The van der Waals surface area contributed by atoms with Crippen molar-refractivity contribution in [3.8, 4) is 0 Å². The second-order valence-corrected chi connectivity index (χ2v) is 5.38. The summed E-state index contributed by atoms with van der Waals surface area (Å²) in [4.78, 5) is 11.2. The quantitative estimate of drug-likeness (QED) is 0.461. The fourth-order valence-electron chi connectivity index (χ4n) is 0.994. The van der Waals surface area contributed by atoms with Gasteiger partial charge in [0.25, 0.3) is 0 Å². The molecule has 0 aliphatic carbocycles. The Bertz CT molecular complexity index is 290. The van der Waals surface area contributed by atoms with Crippen LogP contribution in [0.3, 0.4) is 0 Å². The monoisotopic (exact) mass is 251 g/mol. The molecule has 6 nitrogen and oxygen atoms in total. The number of amides is 1. The van der Waals surface area contributed by atoms with Crippen molar-refractivity contribution in [2.75, 3.05) is 32.4 Å². The summed E-state index contributed by atoms with van der Waals surface area (Å²) in [5.74, 6) is -0.0622. The fourth-order valence-corrected chi connectivity index (χ4v) is 1.47. The van der Waals surface area contributed by atoms with Crippen LogP contribution in [0.5, 0.6) is 0 Å². The molecule has 0 rings (SSSR count). The lowest BCUT2D eigenvalue weighted by Crippen LogP contribution is -2.38. The van der Waals surface area contributed by atoms with Gasteiger partial charge >= 0.3 is 0 Å². The third kappa shape index (κ3) is 11.4. The molecule has 0 aliphatic heterocycles. The Morgan fingerprint density at radius 2 is 1.88 bits per heavy atom. The van der Waals surface area contributed by atoms with Gasteiger partial charge in [-0.25, -0.2) is 13.1 Å². The minimum absolute atomic E-state index is 0.0622. The summed E-state index contributed by atoms with van der Waals surface area (Å²) in [5, 5.41) is 5.60. The Morgan fingerprint density at radius 3 is 2.44 bits per heavy atom. The number of rotatable bonds is 9. The highest BCUT2D eigenvalue weighted by molar-refractivity contribution is 7.88. The molecule has 0 spiro atoms. The molecule has 0 aromatic heterocycles. The van der Waals surface area contributed by atoms with Crippen LogP contribution in [0, 0.1) is 0 Å². The van der Waals surface area contributed by atoms with Crippen molar-refractivity contribution in [1.82, 2.24) is 15.4 Å². The van der Waals surface area contributed by atoms with E-state index in [-0.39, 0.29) is 12.5 Å². The van der Waals surface area contributed by atoms with E-state index in [2.05, 4.69) is 22.3 Å². The van der Waals surface area contributed by atoms with Gasteiger partial charge in [0.15, 0.2) is 0 Å². The van der Waals surface area contributed by atoms with E-state index in [1.165, 1.54) is 0 Å². The molecule has 16 heavy (non-hydrogen) atoms. The summed E-state index contributed by atoms with van der Waals surface area (Å²) in [6, 6.07) is 0. The van der Waals surface area contributed by atoms with E-state index in [0.717, 1.165) is 19.1 Å².